The van der Waals surface area contributed by atoms with Gasteiger partial charge >= 0.3 is 0 Å². The van der Waals surface area contributed by atoms with Crippen LogP contribution in [0.15, 0.2) is 58.3 Å². The molecule has 0 N–H and O–H groups in total. The maximum Gasteiger partial charge on any atom is 0.123 e. The average Bonchev–Trinajstić information content (AvgIpc) is 2.63. The third kappa shape index (κ3) is 3.41. The van der Waals surface area contributed by atoms with E-state index in [1.807, 2.05) is 23.9 Å². The molecule has 0 aliphatic carbocycles. The lowest BCUT2D eigenvalue weighted by Gasteiger charge is -2.29. The van der Waals surface area contributed by atoms with E-state index in [2.05, 4.69) is 29.2 Å². The van der Waals surface area contributed by atoms with Crippen LogP contribution >= 0.6 is 11.8 Å². The Bertz CT molecular complexity index is 751. The Morgan fingerprint density at radius 2 is 1.83 bits per heavy atom. The van der Waals surface area contributed by atoms with E-state index in [1.165, 1.54) is 33.1 Å². The van der Waals surface area contributed by atoms with E-state index in [4.69, 9.17) is 4.74 Å². The second-order valence-corrected chi connectivity index (χ2v) is 7.32. The highest BCUT2D eigenvalue weighted by Crippen LogP contribution is 2.39. The minimum atomic E-state index is -0.189. The Kier molecular flexibility index (Phi) is 4.69. The van der Waals surface area contributed by atoms with Crippen molar-refractivity contribution >= 4 is 11.8 Å². The van der Waals surface area contributed by atoms with Gasteiger partial charge in [-0.2, -0.15) is 0 Å². The van der Waals surface area contributed by atoms with Gasteiger partial charge in [-0.15, -0.1) is 0 Å². The third-order valence-electron chi connectivity index (χ3n) is 4.55. The second-order valence-electron chi connectivity index (χ2n) is 6.15. The normalized spacial score (nSPS) is 18.1. The van der Waals surface area contributed by atoms with Crippen molar-refractivity contribution in [2.45, 2.75) is 11.3 Å². The van der Waals surface area contributed by atoms with Crippen molar-refractivity contribution in [3.8, 4) is 11.1 Å². The molecule has 2 nitrogen and oxygen atoms in total. The Morgan fingerprint density at radius 3 is 2.62 bits per heavy atom. The van der Waals surface area contributed by atoms with Crippen molar-refractivity contribution in [1.29, 1.82) is 0 Å². The van der Waals surface area contributed by atoms with Crippen LogP contribution in [0.4, 0.5) is 4.39 Å². The van der Waals surface area contributed by atoms with Gasteiger partial charge in [-0.25, -0.2) is 4.39 Å². The van der Waals surface area contributed by atoms with E-state index < -0.39 is 0 Å². The summed E-state index contributed by atoms with van der Waals surface area (Å²) in [6.45, 7) is 4.71. The van der Waals surface area contributed by atoms with Crippen LogP contribution in [0.3, 0.4) is 0 Å². The molecule has 1 saturated heterocycles. The molecule has 1 fully saturated rings. The first kappa shape index (κ1) is 15.9. The highest BCUT2D eigenvalue weighted by Gasteiger charge is 2.19. The number of allylic oxidation sites excluding steroid dienone is 1. The van der Waals surface area contributed by atoms with E-state index in [-0.39, 0.29) is 5.82 Å². The summed E-state index contributed by atoms with van der Waals surface area (Å²) in [5.74, 6) is -0.189. The van der Waals surface area contributed by atoms with Crippen LogP contribution in [0.2, 0.25) is 0 Å². The van der Waals surface area contributed by atoms with Crippen LogP contribution in [0, 0.1) is 5.82 Å². The number of benzene rings is 2. The molecule has 2 aliphatic rings. The number of ether oxygens (including phenoxy) is 1. The van der Waals surface area contributed by atoms with Crippen LogP contribution in [-0.2, 0) is 11.2 Å². The topological polar surface area (TPSA) is 12.5 Å². The lowest BCUT2D eigenvalue weighted by Crippen LogP contribution is -2.37. The molecule has 0 aromatic heterocycles. The van der Waals surface area contributed by atoms with Gasteiger partial charge in [0.05, 0.1) is 13.2 Å². The summed E-state index contributed by atoms with van der Waals surface area (Å²) in [6.07, 6.45) is 3.28. The first-order chi connectivity index (χ1) is 11.8. The molecular weight excluding hydrogens is 321 g/mol. The van der Waals surface area contributed by atoms with Gasteiger partial charge in [0.1, 0.15) is 5.82 Å². The van der Waals surface area contributed by atoms with Gasteiger partial charge in [-0.1, -0.05) is 42.1 Å². The number of fused-ring (bicyclic) bond motifs is 1. The van der Waals surface area contributed by atoms with E-state index >= 15 is 0 Å². The smallest absolute Gasteiger partial charge is 0.123 e. The molecule has 0 saturated carbocycles. The van der Waals surface area contributed by atoms with Gasteiger partial charge in [-0.3, -0.25) is 4.90 Å². The van der Waals surface area contributed by atoms with Crippen LogP contribution in [0.5, 0.6) is 0 Å². The molecular formula is C20H20FNOS. The van der Waals surface area contributed by atoms with Crippen molar-refractivity contribution in [2.24, 2.45) is 0 Å². The zero-order chi connectivity index (χ0) is 16.4. The molecule has 4 rings (SSSR count). The van der Waals surface area contributed by atoms with Crippen LogP contribution in [-0.4, -0.2) is 37.7 Å². The molecule has 0 spiro atoms. The van der Waals surface area contributed by atoms with Gasteiger partial charge in [0.15, 0.2) is 0 Å². The third-order valence-corrected chi connectivity index (χ3v) is 5.71. The van der Waals surface area contributed by atoms with Crippen molar-refractivity contribution in [1.82, 2.24) is 4.90 Å². The molecule has 2 aromatic carbocycles. The molecule has 2 aliphatic heterocycles. The lowest BCUT2D eigenvalue weighted by atomic mass is 9.97. The van der Waals surface area contributed by atoms with Crippen molar-refractivity contribution < 1.29 is 9.13 Å². The maximum atomic E-state index is 13.2. The summed E-state index contributed by atoms with van der Waals surface area (Å²) in [6, 6.07) is 13.2. The number of nitrogens with zero attached hydrogens (tertiary/aromatic N) is 1. The fourth-order valence-electron chi connectivity index (χ4n) is 3.25. The lowest BCUT2D eigenvalue weighted by molar-refractivity contribution is 0.0430. The standard InChI is InChI=1S/C20H20FNOS/c21-16-6-4-15(5-7-16)18-2-1-3-20-19(18)9-8-17(24-20)14-22-10-12-23-13-11-22/h1-8H,9-14H2. The predicted octanol–water partition coefficient (Wildman–Crippen LogP) is 4.36. The second kappa shape index (κ2) is 7.09. The van der Waals surface area contributed by atoms with Gasteiger partial charge in [0, 0.05) is 29.4 Å². The summed E-state index contributed by atoms with van der Waals surface area (Å²) in [4.78, 5) is 5.19. The highest BCUT2D eigenvalue weighted by molar-refractivity contribution is 8.03. The van der Waals surface area contributed by atoms with E-state index in [9.17, 15) is 4.39 Å². The number of halogens is 1. The van der Waals surface area contributed by atoms with Crippen LogP contribution < -0.4 is 0 Å². The Labute approximate surface area is 146 Å². The number of hydrogen-bond acceptors (Lipinski definition) is 3. The molecule has 0 amide bonds. The van der Waals surface area contributed by atoms with E-state index in [1.54, 1.807) is 0 Å². The SMILES string of the molecule is Fc1ccc(-c2cccc3c2CC=C(CN2CCOCC2)S3)cc1. The molecule has 2 heterocycles. The Balaban J connectivity index is 1.55. The molecule has 4 heteroatoms. The van der Waals surface area contributed by atoms with Gasteiger partial charge < -0.3 is 4.74 Å². The molecule has 0 bridgehead atoms. The van der Waals surface area contributed by atoms with Crippen molar-refractivity contribution in [3.63, 3.8) is 0 Å². The van der Waals surface area contributed by atoms with Gasteiger partial charge in [-0.05, 0) is 41.3 Å². The minimum Gasteiger partial charge on any atom is -0.379 e. The molecule has 0 unspecified atom stereocenters. The fourth-order valence-corrected chi connectivity index (χ4v) is 4.41. The molecule has 124 valence electrons. The summed E-state index contributed by atoms with van der Waals surface area (Å²) in [7, 11) is 0. The largest absolute Gasteiger partial charge is 0.379 e. The number of hydrogen-bond donors (Lipinski definition) is 0. The summed E-state index contributed by atoms with van der Waals surface area (Å²) < 4.78 is 18.6. The highest BCUT2D eigenvalue weighted by atomic mass is 32.2. The van der Waals surface area contributed by atoms with Gasteiger partial charge in [0.2, 0.25) is 0 Å². The quantitative estimate of drug-likeness (QED) is 0.823. The maximum absolute atomic E-state index is 13.2. The zero-order valence-electron chi connectivity index (χ0n) is 13.5. The Hall–Kier alpha value is -1.62. The molecule has 0 atom stereocenters. The van der Waals surface area contributed by atoms with Crippen molar-refractivity contribution in [2.75, 3.05) is 32.8 Å². The minimum absolute atomic E-state index is 0.189. The first-order valence-corrected chi connectivity index (χ1v) is 9.16. The van der Waals surface area contributed by atoms with E-state index in [0.717, 1.165) is 44.8 Å². The zero-order valence-corrected chi connectivity index (χ0v) is 14.3. The molecule has 2 aromatic rings. The summed E-state index contributed by atoms with van der Waals surface area (Å²) >= 11 is 1.87. The average molecular weight is 341 g/mol. The molecule has 0 radical (unpaired) electrons. The predicted molar refractivity (Wildman–Crippen MR) is 96.7 cm³/mol. The van der Waals surface area contributed by atoms with Crippen LogP contribution in [0.1, 0.15) is 5.56 Å². The van der Waals surface area contributed by atoms with Gasteiger partial charge in [0.25, 0.3) is 0 Å². The fraction of sp³-hybridized carbons (Fsp3) is 0.300. The first-order valence-electron chi connectivity index (χ1n) is 8.34. The Morgan fingerprint density at radius 1 is 1.04 bits per heavy atom. The summed E-state index contributed by atoms with van der Waals surface area (Å²) in [5, 5.41) is 0. The molecule has 24 heavy (non-hydrogen) atoms. The van der Waals surface area contributed by atoms with Crippen LogP contribution in [0.25, 0.3) is 11.1 Å². The number of morpholine rings is 1. The van der Waals surface area contributed by atoms with Crippen molar-refractivity contribution in [3.05, 3.63) is 64.8 Å². The monoisotopic (exact) mass is 341 g/mol. The van der Waals surface area contributed by atoms with E-state index in [0.29, 0.717) is 0 Å². The number of rotatable bonds is 3. The number of thioether (sulfide) groups is 1. The summed E-state index contributed by atoms with van der Waals surface area (Å²) in [5.41, 5.74) is 3.64.